The van der Waals surface area contributed by atoms with Crippen LogP contribution in [0.3, 0.4) is 0 Å². The van der Waals surface area contributed by atoms with Crippen LogP contribution in [0.2, 0.25) is 0 Å². The Morgan fingerprint density at radius 2 is 1.65 bits per heavy atom. The molecule has 0 saturated carbocycles. The number of urea groups is 1. The molecule has 1 N–H and O–H groups in total. The Morgan fingerprint density at radius 1 is 1.10 bits per heavy atom. The molecule has 0 spiro atoms. The number of amides is 4. The van der Waals surface area contributed by atoms with Gasteiger partial charge in [-0.25, -0.2) is 9.59 Å². The van der Waals surface area contributed by atoms with Crippen LogP contribution in [0.4, 0.5) is 9.59 Å². The smallest absolute Gasteiger partial charge is 0.409 e. The molecular formula is C12H22N4O4. The third-order valence-electron chi connectivity index (χ3n) is 2.96. The van der Waals surface area contributed by atoms with Crippen LogP contribution in [0.5, 0.6) is 0 Å². The van der Waals surface area contributed by atoms with Gasteiger partial charge in [0.05, 0.1) is 13.2 Å². The second-order valence-electron chi connectivity index (χ2n) is 4.62. The van der Waals surface area contributed by atoms with Gasteiger partial charge in [0.25, 0.3) is 0 Å². The van der Waals surface area contributed by atoms with Crippen molar-refractivity contribution in [1.82, 2.24) is 20.0 Å². The fraction of sp³-hybridized carbons (Fsp3) is 0.750. The van der Waals surface area contributed by atoms with Gasteiger partial charge in [0, 0.05) is 40.3 Å². The molecule has 1 aliphatic rings. The Bertz CT molecular complexity index is 364. The summed E-state index contributed by atoms with van der Waals surface area (Å²) in [6.45, 7) is 3.87. The molecule has 4 amide bonds. The van der Waals surface area contributed by atoms with E-state index in [1.54, 1.807) is 30.8 Å². The number of nitrogens with zero attached hydrogens (tertiary/aromatic N) is 3. The highest BCUT2D eigenvalue weighted by Crippen LogP contribution is 2.04. The van der Waals surface area contributed by atoms with Crippen LogP contribution in [0.25, 0.3) is 0 Å². The second kappa shape index (κ2) is 7.56. The van der Waals surface area contributed by atoms with Crippen molar-refractivity contribution >= 4 is 18.0 Å². The highest BCUT2D eigenvalue weighted by Gasteiger charge is 2.24. The average molecular weight is 286 g/mol. The lowest BCUT2D eigenvalue weighted by atomic mass is 10.3. The average Bonchev–Trinajstić information content (AvgIpc) is 2.44. The van der Waals surface area contributed by atoms with Gasteiger partial charge >= 0.3 is 12.1 Å². The Kier molecular flexibility index (Phi) is 6.08. The maximum Gasteiger partial charge on any atom is 0.409 e. The van der Waals surface area contributed by atoms with Gasteiger partial charge in [-0.2, -0.15) is 0 Å². The zero-order valence-corrected chi connectivity index (χ0v) is 12.2. The lowest BCUT2D eigenvalue weighted by molar-refractivity contribution is -0.131. The topological polar surface area (TPSA) is 82.2 Å². The van der Waals surface area contributed by atoms with Crippen molar-refractivity contribution in [2.24, 2.45) is 0 Å². The number of hydrogen-bond acceptors (Lipinski definition) is 4. The number of carbonyl (C=O) groups excluding carboxylic acids is 3. The lowest BCUT2D eigenvalue weighted by Gasteiger charge is -2.34. The summed E-state index contributed by atoms with van der Waals surface area (Å²) in [5, 5.41) is 2.52. The van der Waals surface area contributed by atoms with Crippen molar-refractivity contribution in [2.45, 2.75) is 6.92 Å². The van der Waals surface area contributed by atoms with E-state index in [4.69, 9.17) is 4.74 Å². The van der Waals surface area contributed by atoms with Gasteiger partial charge in [-0.15, -0.1) is 0 Å². The molecule has 0 bridgehead atoms. The fourth-order valence-corrected chi connectivity index (χ4v) is 1.77. The Balaban J connectivity index is 2.32. The minimum absolute atomic E-state index is 0.0313. The zero-order valence-electron chi connectivity index (χ0n) is 12.2. The van der Waals surface area contributed by atoms with E-state index >= 15 is 0 Å². The summed E-state index contributed by atoms with van der Waals surface area (Å²) in [6, 6.07) is -0.302. The summed E-state index contributed by atoms with van der Waals surface area (Å²) in [4.78, 5) is 39.3. The molecule has 0 atom stereocenters. The molecule has 0 aromatic heterocycles. The van der Waals surface area contributed by atoms with E-state index in [1.807, 2.05) is 0 Å². The molecule has 0 aromatic carbocycles. The second-order valence-corrected chi connectivity index (χ2v) is 4.62. The minimum Gasteiger partial charge on any atom is -0.450 e. The molecule has 0 unspecified atom stereocenters. The van der Waals surface area contributed by atoms with Crippen LogP contribution in [0.15, 0.2) is 0 Å². The monoisotopic (exact) mass is 286 g/mol. The van der Waals surface area contributed by atoms with E-state index in [2.05, 4.69) is 5.32 Å². The summed E-state index contributed by atoms with van der Waals surface area (Å²) in [5.74, 6) is -0.149. The third-order valence-corrected chi connectivity index (χ3v) is 2.96. The van der Waals surface area contributed by atoms with Crippen LogP contribution >= 0.6 is 0 Å². The lowest BCUT2D eigenvalue weighted by Crippen LogP contribution is -2.53. The van der Waals surface area contributed by atoms with Crippen molar-refractivity contribution in [3.05, 3.63) is 0 Å². The first-order valence-corrected chi connectivity index (χ1v) is 6.60. The molecule has 1 aliphatic heterocycles. The number of hydrogen-bond donors (Lipinski definition) is 1. The quantitative estimate of drug-likeness (QED) is 0.762. The van der Waals surface area contributed by atoms with Gasteiger partial charge in [0.1, 0.15) is 0 Å². The number of carbonyl (C=O) groups is 3. The van der Waals surface area contributed by atoms with Crippen molar-refractivity contribution < 1.29 is 19.1 Å². The molecule has 8 heteroatoms. The van der Waals surface area contributed by atoms with Crippen molar-refractivity contribution in [1.29, 1.82) is 0 Å². The maximum atomic E-state index is 11.9. The van der Waals surface area contributed by atoms with Crippen LogP contribution in [-0.2, 0) is 9.53 Å². The van der Waals surface area contributed by atoms with Gasteiger partial charge in [0.15, 0.2) is 0 Å². The predicted molar refractivity (Wildman–Crippen MR) is 72.3 cm³/mol. The van der Waals surface area contributed by atoms with Crippen LogP contribution in [-0.4, -0.2) is 86.2 Å². The number of ether oxygens (including phenoxy) is 1. The predicted octanol–water partition coefficient (Wildman–Crippen LogP) is -0.442. The molecule has 0 aromatic rings. The van der Waals surface area contributed by atoms with E-state index in [0.717, 1.165) is 0 Å². The first-order valence-electron chi connectivity index (χ1n) is 6.60. The van der Waals surface area contributed by atoms with E-state index in [1.165, 1.54) is 4.90 Å². The normalized spacial score (nSPS) is 14.8. The molecular weight excluding hydrogens is 264 g/mol. The molecule has 8 nitrogen and oxygen atoms in total. The van der Waals surface area contributed by atoms with Gasteiger partial charge in [-0.05, 0) is 6.92 Å². The summed E-state index contributed by atoms with van der Waals surface area (Å²) in [7, 11) is 3.22. The summed E-state index contributed by atoms with van der Waals surface area (Å²) >= 11 is 0. The zero-order chi connectivity index (χ0) is 15.1. The standard InChI is InChI=1S/C12H22N4O4/c1-4-20-12(19)16-7-5-15(6-8-16)10(17)9-13-11(18)14(2)3/h4-9H2,1-3H3,(H,13,18). The molecule has 0 radical (unpaired) electrons. The number of piperazine rings is 1. The van der Waals surface area contributed by atoms with Crippen LogP contribution in [0, 0.1) is 0 Å². The van der Waals surface area contributed by atoms with Gasteiger partial charge in [-0.1, -0.05) is 0 Å². The van der Waals surface area contributed by atoms with E-state index in [0.29, 0.717) is 32.8 Å². The summed E-state index contributed by atoms with van der Waals surface area (Å²) in [5.41, 5.74) is 0. The fourth-order valence-electron chi connectivity index (χ4n) is 1.77. The van der Waals surface area contributed by atoms with Crippen molar-refractivity contribution in [2.75, 3.05) is 53.4 Å². The van der Waals surface area contributed by atoms with Gasteiger partial charge in [-0.3, -0.25) is 4.79 Å². The molecule has 1 saturated heterocycles. The number of rotatable bonds is 3. The Morgan fingerprint density at radius 3 is 2.15 bits per heavy atom. The Labute approximate surface area is 118 Å². The van der Waals surface area contributed by atoms with E-state index in [9.17, 15) is 14.4 Å². The van der Waals surface area contributed by atoms with E-state index in [-0.39, 0.29) is 24.6 Å². The number of nitrogens with one attached hydrogen (secondary N) is 1. The minimum atomic E-state index is -0.347. The van der Waals surface area contributed by atoms with Gasteiger partial charge in [0.2, 0.25) is 5.91 Å². The summed E-state index contributed by atoms with van der Waals surface area (Å²) in [6.07, 6.45) is -0.347. The largest absolute Gasteiger partial charge is 0.450 e. The third kappa shape index (κ3) is 4.60. The van der Waals surface area contributed by atoms with Gasteiger partial charge < -0.3 is 24.8 Å². The van der Waals surface area contributed by atoms with Crippen molar-refractivity contribution in [3.63, 3.8) is 0 Å². The molecule has 1 heterocycles. The van der Waals surface area contributed by atoms with Crippen molar-refractivity contribution in [3.8, 4) is 0 Å². The first-order chi connectivity index (χ1) is 9.45. The van der Waals surface area contributed by atoms with Crippen LogP contribution in [0.1, 0.15) is 6.92 Å². The first kappa shape index (κ1) is 16.1. The molecule has 114 valence electrons. The summed E-state index contributed by atoms with van der Waals surface area (Å²) < 4.78 is 4.90. The molecule has 1 fully saturated rings. The molecule has 0 aliphatic carbocycles. The highest BCUT2D eigenvalue weighted by atomic mass is 16.6. The van der Waals surface area contributed by atoms with E-state index < -0.39 is 0 Å². The maximum absolute atomic E-state index is 11.9. The Hall–Kier alpha value is -1.99. The highest BCUT2D eigenvalue weighted by molar-refractivity contribution is 5.84. The van der Waals surface area contributed by atoms with Crippen LogP contribution < -0.4 is 5.32 Å². The SMILES string of the molecule is CCOC(=O)N1CCN(C(=O)CNC(=O)N(C)C)CC1. The molecule has 1 rings (SSSR count). The molecule has 20 heavy (non-hydrogen) atoms.